The Kier molecular flexibility index (Phi) is 5.17. The fourth-order valence-electron chi connectivity index (χ4n) is 2.73. The average Bonchev–Trinajstić information content (AvgIpc) is 3.27. The third-order valence-electron chi connectivity index (χ3n) is 4.20. The van der Waals surface area contributed by atoms with Crippen molar-refractivity contribution in [1.82, 2.24) is 20.2 Å². The van der Waals surface area contributed by atoms with Crippen molar-refractivity contribution in [3.8, 4) is 11.5 Å². The van der Waals surface area contributed by atoms with Gasteiger partial charge in [0, 0.05) is 19.3 Å². The fraction of sp³-hybridized carbons (Fsp3) is 0.211. The quantitative estimate of drug-likeness (QED) is 0.742. The van der Waals surface area contributed by atoms with Crippen molar-refractivity contribution in [2.75, 3.05) is 19.9 Å². The lowest BCUT2D eigenvalue weighted by Crippen LogP contribution is -2.37. The Morgan fingerprint density at radius 3 is 2.86 bits per heavy atom. The van der Waals surface area contributed by atoms with Crippen LogP contribution in [0.5, 0.6) is 11.5 Å². The largest absolute Gasteiger partial charge is 0.454 e. The second-order valence-corrected chi connectivity index (χ2v) is 7.24. The molecule has 1 saturated heterocycles. The Hall–Kier alpha value is -3.40. The van der Waals surface area contributed by atoms with Crippen LogP contribution >= 0.6 is 11.8 Å². The summed E-state index contributed by atoms with van der Waals surface area (Å²) in [6, 6.07) is 5.28. The molecule has 1 N–H and O–H groups in total. The van der Waals surface area contributed by atoms with Crippen LogP contribution in [0, 0.1) is 6.92 Å². The first-order chi connectivity index (χ1) is 14.0. The molecule has 0 radical (unpaired) electrons. The second kappa shape index (κ2) is 7.92. The number of amides is 3. The minimum Gasteiger partial charge on any atom is -0.454 e. The molecule has 9 nitrogen and oxygen atoms in total. The van der Waals surface area contributed by atoms with E-state index in [2.05, 4.69) is 15.3 Å². The first kappa shape index (κ1) is 18.9. The fourth-order valence-corrected chi connectivity index (χ4v) is 3.59. The minimum atomic E-state index is -0.416. The molecule has 0 unspecified atom stereocenters. The summed E-state index contributed by atoms with van der Waals surface area (Å²) >= 11 is 0.858. The number of fused-ring (bicyclic) bond motifs is 1. The predicted molar refractivity (Wildman–Crippen MR) is 104 cm³/mol. The molecule has 0 atom stereocenters. The number of aromatic nitrogens is 2. The van der Waals surface area contributed by atoms with Gasteiger partial charge < -0.3 is 14.8 Å². The smallest absolute Gasteiger partial charge is 0.293 e. The van der Waals surface area contributed by atoms with E-state index in [-0.39, 0.29) is 30.8 Å². The van der Waals surface area contributed by atoms with Crippen molar-refractivity contribution in [2.24, 2.45) is 0 Å². The standard InChI is InChI=1S/C19H16N4O5S/c1-11-8-22-13(9-21-11)17(24)20-4-5-23-18(25)16(29-19(23)26)7-12-2-3-14-15(6-12)28-10-27-14/h2-3,6-9H,4-5,10H2,1H3,(H,20,24)/b16-7-. The van der Waals surface area contributed by atoms with Crippen molar-refractivity contribution < 1.29 is 23.9 Å². The Morgan fingerprint density at radius 2 is 2.07 bits per heavy atom. The van der Waals surface area contributed by atoms with Crippen LogP contribution in [0.2, 0.25) is 0 Å². The molecule has 0 spiro atoms. The molecule has 0 aliphatic carbocycles. The Morgan fingerprint density at radius 1 is 1.24 bits per heavy atom. The van der Waals surface area contributed by atoms with Gasteiger partial charge in [0.05, 0.1) is 16.8 Å². The second-order valence-electron chi connectivity index (χ2n) is 6.24. The number of imide groups is 1. The van der Waals surface area contributed by atoms with Gasteiger partial charge in [-0.1, -0.05) is 6.07 Å². The normalized spacial score (nSPS) is 16.6. The molecule has 148 valence electrons. The van der Waals surface area contributed by atoms with Gasteiger partial charge in [0.2, 0.25) is 6.79 Å². The van der Waals surface area contributed by atoms with E-state index in [0.29, 0.717) is 22.1 Å². The summed E-state index contributed by atoms with van der Waals surface area (Å²) in [6.45, 7) is 2.11. The van der Waals surface area contributed by atoms with Gasteiger partial charge in [0.15, 0.2) is 11.5 Å². The van der Waals surface area contributed by atoms with Crippen LogP contribution in [-0.4, -0.2) is 51.8 Å². The third kappa shape index (κ3) is 4.06. The number of hydrogen-bond donors (Lipinski definition) is 1. The molecule has 3 amide bonds. The topological polar surface area (TPSA) is 111 Å². The highest BCUT2D eigenvalue weighted by atomic mass is 32.2. The van der Waals surface area contributed by atoms with Crippen molar-refractivity contribution >= 4 is 34.9 Å². The zero-order valence-corrected chi connectivity index (χ0v) is 16.2. The molecule has 10 heteroatoms. The van der Waals surface area contributed by atoms with Gasteiger partial charge in [-0.3, -0.25) is 24.3 Å². The molecule has 1 aromatic carbocycles. The lowest BCUT2D eigenvalue weighted by Gasteiger charge is -2.12. The van der Waals surface area contributed by atoms with Crippen molar-refractivity contribution in [3.05, 3.63) is 52.4 Å². The number of hydrogen-bond acceptors (Lipinski definition) is 8. The molecule has 3 heterocycles. The van der Waals surface area contributed by atoms with Crippen LogP contribution in [0.25, 0.3) is 6.08 Å². The molecule has 1 fully saturated rings. The van der Waals surface area contributed by atoms with E-state index in [1.54, 1.807) is 31.2 Å². The van der Waals surface area contributed by atoms with E-state index < -0.39 is 11.8 Å². The van der Waals surface area contributed by atoms with Crippen LogP contribution in [0.1, 0.15) is 21.7 Å². The van der Waals surface area contributed by atoms with Crippen LogP contribution in [0.15, 0.2) is 35.5 Å². The maximum absolute atomic E-state index is 12.6. The number of ether oxygens (including phenoxy) is 2. The maximum atomic E-state index is 12.6. The molecule has 4 rings (SSSR count). The van der Waals surface area contributed by atoms with E-state index in [4.69, 9.17) is 9.47 Å². The average molecular weight is 412 g/mol. The van der Waals surface area contributed by atoms with E-state index in [1.165, 1.54) is 12.4 Å². The number of carbonyl (C=O) groups excluding carboxylic acids is 3. The third-order valence-corrected chi connectivity index (χ3v) is 5.11. The molecule has 29 heavy (non-hydrogen) atoms. The summed E-state index contributed by atoms with van der Waals surface area (Å²) in [6.07, 6.45) is 4.50. The number of aryl methyl sites for hydroxylation is 1. The number of nitrogens with zero attached hydrogens (tertiary/aromatic N) is 3. The van der Waals surface area contributed by atoms with Crippen molar-refractivity contribution in [3.63, 3.8) is 0 Å². The summed E-state index contributed by atoms with van der Waals surface area (Å²) < 4.78 is 10.6. The summed E-state index contributed by atoms with van der Waals surface area (Å²) in [4.78, 5) is 46.2. The Balaban J connectivity index is 1.37. The molecular formula is C19H16N4O5S. The lowest BCUT2D eigenvalue weighted by molar-refractivity contribution is -0.122. The van der Waals surface area contributed by atoms with Crippen LogP contribution in [0.4, 0.5) is 4.79 Å². The zero-order valence-electron chi connectivity index (χ0n) is 15.4. The van der Waals surface area contributed by atoms with Crippen LogP contribution < -0.4 is 14.8 Å². The summed E-state index contributed by atoms with van der Waals surface area (Å²) in [7, 11) is 0. The van der Waals surface area contributed by atoms with Crippen molar-refractivity contribution in [2.45, 2.75) is 6.92 Å². The van der Waals surface area contributed by atoms with Gasteiger partial charge in [-0.15, -0.1) is 0 Å². The monoisotopic (exact) mass is 412 g/mol. The molecule has 2 aliphatic rings. The number of thioether (sulfide) groups is 1. The SMILES string of the molecule is Cc1cnc(C(=O)NCCN2C(=O)S/C(=C\c3ccc4c(c3)OCO4)C2=O)cn1. The number of rotatable bonds is 5. The van der Waals surface area contributed by atoms with Gasteiger partial charge in [0.25, 0.3) is 17.1 Å². The highest BCUT2D eigenvalue weighted by Crippen LogP contribution is 2.36. The molecule has 2 aromatic rings. The summed E-state index contributed by atoms with van der Waals surface area (Å²) in [5.74, 6) is 0.423. The van der Waals surface area contributed by atoms with E-state index in [9.17, 15) is 14.4 Å². The van der Waals surface area contributed by atoms with Gasteiger partial charge in [-0.2, -0.15) is 0 Å². The lowest BCUT2D eigenvalue weighted by atomic mass is 10.2. The van der Waals surface area contributed by atoms with Gasteiger partial charge in [0.1, 0.15) is 5.69 Å². The Labute approximate surface area is 170 Å². The van der Waals surface area contributed by atoms with Gasteiger partial charge in [-0.05, 0) is 42.5 Å². The van der Waals surface area contributed by atoms with Crippen molar-refractivity contribution in [1.29, 1.82) is 0 Å². The predicted octanol–water partition coefficient (Wildman–Crippen LogP) is 1.98. The summed E-state index contributed by atoms with van der Waals surface area (Å²) in [5.41, 5.74) is 1.60. The first-order valence-electron chi connectivity index (χ1n) is 8.73. The Bertz CT molecular complexity index is 1020. The molecule has 0 saturated carbocycles. The van der Waals surface area contributed by atoms with Gasteiger partial charge >= 0.3 is 0 Å². The van der Waals surface area contributed by atoms with Gasteiger partial charge in [-0.25, -0.2) is 4.98 Å². The number of nitrogens with one attached hydrogen (secondary N) is 1. The molecular weight excluding hydrogens is 396 g/mol. The number of benzene rings is 1. The molecule has 2 aliphatic heterocycles. The molecule has 1 aromatic heterocycles. The highest BCUT2D eigenvalue weighted by molar-refractivity contribution is 8.18. The highest BCUT2D eigenvalue weighted by Gasteiger charge is 2.34. The zero-order chi connectivity index (χ0) is 20.4. The molecule has 0 bridgehead atoms. The minimum absolute atomic E-state index is 0.0637. The maximum Gasteiger partial charge on any atom is 0.293 e. The first-order valence-corrected chi connectivity index (χ1v) is 9.55. The van der Waals surface area contributed by atoms with Crippen LogP contribution in [-0.2, 0) is 4.79 Å². The van der Waals surface area contributed by atoms with E-state index in [0.717, 1.165) is 22.2 Å². The van der Waals surface area contributed by atoms with Crippen LogP contribution in [0.3, 0.4) is 0 Å². The number of carbonyl (C=O) groups is 3. The summed E-state index contributed by atoms with van der Waals surface area (Å²) in [5, 5.41) is 2.25. The van der Waals surface area contributed by atoms with E-state index in [1.807, 2.05) is 0 Å². The van der Waals surface area contributed by atoms with E-state index >= 15 is 0 Å².